The lowest BCUT2D eigenvalue weighted by atomic mass is 10.0. The van der Waals surface area contributed by atoms with Crippen molar-refractivity contribution in [2.24, 2.45) is 0 Å². The lowest BCUT2D eigenvalue weighted by molar-refractivity contribution is 0.974. The van der Waals surface area contributed by atoms with Crippen LogP contribution in [-0.4, -0.2) is 26.7 Å². The zero-order chi connectivity index (χ0) is 14.8. The highest BCUT2D eigenvalue weighted by Crippen LogP contribution is 2.40. The normalized spacial score (nSPS) is 14.3. The summed E-state index contributed by atoms with van der Waals surface area (Å²) in [7, 11) is 0. The summed E-state index contributed by atoms with van der Waals surface area (Å²) >= 11 is 3.59. The van der Waals surface area contributed by atoms with Gasteiger partial charge in [0.25, 0.3) is 0 Å². The van der Waals surface area contributed by atoms with Crippen molar-refractivity contribution in [3.05, 3.63) is 23.0 Å². The Kier molecular flexibility index (Phi) is 4.08. The van der Waals surface area contributed by atoms with Gasteiger partial charge in [0.05, 0.1) is 11.4 Å². The Hall–Kier alpha value is -1.65. The van der Waals surface area contributed by atoms with E-state index in [1.165, 1.54) is 0 Å². The van der Waals surface area contributed by atoms with Crippen LogP contribution in [-0.2, 0) is 12.2 Å². The van der Waals surface area contributed by atoms with Crippen LogP contribution in [0.1, 0.15) is 23.9 Å². The van der Waals surface area contributed by atoms with Crippen molar-refractivity contribution >= 4 is 29.3 Å². The van der Waals surface area contributed by atoms with Gasteiger partial charge in [-0.15, -0.1) is 11.8 Å². The Bertz CT molecular complexity index is 717. The number of nitrogens with zero attached hydrogens (tertiary/aromatic N) is 3. The molecule has 0 unspecified atom stereocenters. The number of hydrogen-bond acceptors (Lipinski definition) is 6. The molecule has 0 bridgehead atoms. The van der Waals surface area contributed by atoms with E-state index in [9.17, 15) is 5.26 Å². The molecule has 21 heavy (non-hydrogen) atoms. The number of pyridine rings is 1. The van der Waals surface area contributed by atoms with Gasteiger partial charge in [-0.2, -0.15) is 22.1 Å². The van der Waals surface area contributed by atoms with E-state index < -0.39 is 0 Å². The van der Waals surface area contributed by atoms with E-state index in [2.05, 4.69) is 28.2 Å². The fourth-order valence-corrected chi connectivity index (χ4v) is 4.57. The Labute approximate surface area is 131 Å². The molecule has 0 radical (unpaired) electrons. The molecule has 7 heteroatoms. The van der Waals surface area contributed by atoms with Crippen LogP contribution in [0.15, 0.2) is 11.0 Å². The SMILES string of the molecule is CCc1cc(-c2c(C#N)c(N)nc3c2SCCSC3)n[nH]1. The average molecular weight is 317 g/mol. The first-order valence-electron chi connectivity index (χ1n) is 6.72. The second-order valence-corrected chi connectivity index (χ2v) is 6.88. The zero-order valence-electron chi connectivity index (χ0n) is 11.6. The van der Waals surface area contributed by atoms with Gasteiger partial charge in [0.15, 0.2) is 0 Å². The average Bonchev–Trinajstić information content (AvgIpc) is 2.84. The molecule has 0 aliphatic carbocycles. The first-order valence-corrected chi connectivity index (χ1v) is 8.86. The van der Waals surface area contributed by atoms with Gasteiger partial charge in [0.2, 0.25) is 0 Å². The summed E-state index contributed by atoms with van der Waals surface area (Å²) in [5.74, 6) is 3.21. The third kappa shape index (κ3) is 2.61. The number of nitrogens with two attached hydrogens (primary N) is 1. The number of rotatable bonds is 2. The molecule has 0 amide bonds. The largest absolute Gasteiger partial charge is 0.383 e. The molecule has 1 aliphatic rings. The van der Waals surface area contributed by atoms with Gasteiger partial charge < -0.3 is 5.73 Å². The molecular weight excluding hydrogens is 302 g/mol. The van der Waals surface area contributed by atoms with Crippen LogP contribution in [0.5, 0.6) is 0 Å². The Morgan fingerprint density at radius 2 is 2.33 bits per heavy atom. The summed E-state index contributed by atoms with van der Waals surface area (Å²) in [6.45, 7) is 2.06. The monoisotopic (exact) mass is 317 g/mol. The number of aromatic nitrogens is 3. The molecule has 2 aromatic heterocycles. The van der Waals surface area contributed by atoms with E-state index in [4.69, 9.17) is 5.73 Å². The number of aryl methyl sites for hydroxylation is 1. The van der Waals surface area contributed by atoms with Gasteiger partial charge in [0, 0.05) is 33.4 Å². The lowest BCUT2D eigenvalue weighted by Crippen LogP contribution is -2.04. The highest BCUT2D eigenvalue weighted by molar-refractivity contribution is 8.03. The molecule has 0 spiro atoms. The number of aromatic amines is 1. The summed E-state index contributed by atoms with van der Waals surface area (Å²) in [6, 6.07) is 4.19. The van der Waals surface area contributed by atoms with Crippen LogP contribution in [0.3, 0.4) is 0 Å². The quantitative estimate of drug-likeness (QED) is 0.885. The smallest absolute Gasteiger partial charge is 0.142 e. The fourth-order valence-electron chi connectivity index (χ4n) is 2.29. The van der Waals surface area contributed by atoms with Gasteiger partial charge >= 0.3 is 0 Å². The van der Waals surface area contributed by atoms with Gasteiger partial charge in [-0.25, -0.2) is 4.98 Å². The lowest BCUT2D eigenvalue weighted by Gasteiger charge is -2.12. The second kappa shape index (κ2) is 6.00. The fraction of sp³-hybridized carbons (Fsp3) is 0.357. The molecule has 0 saturated carbocycles. The van der Waals surface area contributed by atoms with E-state index in [0.717, 1.165) is 51.2 Å². The van der Waals surface area contributed by atoms with E-state index >= 15 is 0 Å². The summed E-state index contributed by atoms with van der Waals surface area (Å²) in [5, 5.41) is 16.9. The van der Waals surface area contributed by atoms with Gasteiger partial charge in [-0.3, -0.25) is 5.10 Å². The molecule has 0 fully saturated rings. The molecular formula is C14H15N5S2. The number of H-pyrrole nitrogens is 1. The van der Waals surface area contributed by atoms with Crippen molar-refractivity contribution in [1.82, 2.24) is 15.2 Å². The summed E-state index contributed by atoms with van der Waals surface area (Å²) in [5.41, 5.74) is 10.1. The van der Waals surface area contributed by atoms with Crippen LogP contribution < -0.4 is 5.73 Å². The van der Waals surface area contributed by atoms with Gasteiger partial charge in [-0.1, -0.05) is 6.92 Å². The highest BCUT2D eigenvalue weighted by Gasteiger charge is 2.23. The summed E-state index contributed by atoms with van der Waals surface area (Å²) in [6.07, 6.45) is 0.876. The second-order valence-electron chi connectivity index (χ2n) is 4.67. The molecule has 3 rings (SSSR count). The molecule has 0 aromatic carbocycles. The van der Waals surface area contributed by atoms with Crippen LogP contribution in [0.25, 0.3) is 11.3 Å². The van der Waals surface area contributed by atoms with Crippen LogP contribution in [0.4, 0.5) is 5.82 Å². The third-order valence-electron chi connectivity index (χ3n) is 3.34. The maximum Gasteiger partial charge on any atom is 0.142 e. The van der Waals surface area contributed by atoms with E-state index in [0.29, 0.717) is 11.4 Å². The summed E-state index contributed by atoms with van der Waals surface area (Å²) in [4.78, 5) is 5.49. The van der Waals surface area contributed by atoms with Crippen molar-refractivity contribution in [2.75, 3.05) is 17.2 Å². The van der Waals surface area contributed by atoms with Gasteiger partial charge in [0.1, 0.15) is 17.5 Å². The minimum absolute atomic E-state index is 0.301. The highest BCUT2D eigenvalue weighted by atomic mass is 32.2. The van der Waals surface area contributed by atoms with E-state index in [1.54, 1.807) is 11.8 Å². The summed E-state index contributed by atoms with van der Waals surface area (Å²) < 4.78 is 0. The van der Waals surface area contributed by atoms with Crippen molar-refractivity contribution in [3.8, 4) is 17.3 Å². The third-order valence-corrected chi connectivity index (χ3v) is 5.71. The molecule has 0 saturated heterocycles. The first-order chi connectivity index (χ1) is 10.2. The maximum atomic E-state index is 9.47. The molecule has 3 heterocycles. The Balaban J connectivity index is 2.25. The Morgan fingerprint density at radius 1 is 1.48 bits per heavy atom. The standard InChI is InChI=1S/C14H15N5S2/c1-2-8-5-10(19-18-8)12-9(6-15)14(16)17-11-7-20-3-4-21-13(11)12/h5H,2-4,7H2,1H3,(H2,16,17)(H,18,19). The number of nitriles is 1. The number of anilines is 1. The zero-order valence-corrected chi connectivity index (χ0v) is 13.3. The molecule has 2 aromatic rings. The minimum atomic E-state index is 0.301. The number of nitrogen functional groups attached to an aromatic ring is 1. The van der Waals surface area contributed by atoms with Crippen molar-refractivity contribution in [2.45, 2.75) is 24.0 Å². The topological polar surface area (TPSA) is 91.4 Å². The number of thioether (sulfide) groups is 2. The van der Waals surface area contributed by atoms with Gasteiger partial charge in [-0.05, 0) is 12.5 Å². The molecule has 0 atom stereocenters. The predicted octanol–water partition coefficient (Wildman–Crippen LogP) is 2.83. The Morgan fingerprint density at radius 3 is 3.05 bits per heavy atom. The van der Waals surface area contributed by atoms with E-state index in [-0.39, 0.29) is 0 Å². The van der Waals surface area contributed by atoms with Crippen molar-refractivity contribution in [3.63, 3.8) is 0 Å². The maximum absolute atomic E-state index is 9.47. The number of fused-ring (bicyclic) bond motifs is 1. The molecule has 1 aliphatic heterocycles. The first kappa shape index (κ1) is 14.3. The number of hydrogen-bond donors (Lipinski definition) is 2. The van der Waals surface area contributed by atoms with E-state index in [1.807, 2.05) is 17.8 Å². The number of nitrogens with one attached hydrogen (secondary N) is 1. The minimum Gasteiger partial charge on any atom is -0.383 e. The van der Waals surface area contributed by atoms with Crippen molar-refractivity contribution < 1.29 is 0 Å². The predicted molar refractivity (Wildman–Crippen MR) is 87.2 cm³/mol. The van der Waals surface area contributed by atoms with Crippen LogP contribution in [0.2, 0.25) is 0 Å². The van der Waals surface area contributed by atoms with Crippen LogP contribution >= 0.6 is 23.5 Å². The van der Waals surface area contributed by atoms with Crippen LogP contribution in [0, 0.1) is 11.3 Å². The molecule has 5 nitrogen and oxygen atoms in total. The molecule has 3 N–H and O–H groups in total. The molecule has 108 valence electrons. The van der Waals surface area contributed by atoms with Crippen molar-refractivity contribution in [1.29, 1.82) is 5.26 Å².